The summed E-state index contributed by atoms with van der Waals surface area (Å²) in [5, 5.41) is 3.10. The molecule has 27 heavy (non-hydrogen) atoms. The minimum absolute atomic E-state index is 0.0110. The molecule has 6 nitrogen and oxygen atoms in total. The first-order valence-corrected chi connectivity index (χ1v) is 9.62. The van der Waals surface area contributed by atoms with E-state index >= 15 is 0 Å². The van der Waals surface area contributed by atoms with Crippen molar-refractivity contribution in [3.63, 3.8) is 0 Å². The lowest BCUT2D eigenvalue weighted by molar-refractivity contribution is -0.121. The van der Waals surface area contributed by atoms with Crippen molar-refractivity contribution in [3.05, 3.63) is 53.7 Å². The van der Waals surface area contributed by atoms with E-state index in [-0.39, 0.29) is 11.9 Å². The monoisotopic (exact) mass is 366 g/mol. The predicted molar refractivity (Wildman–Crippen MR) is 106 cm³/mol. The van der Waals surface area contributed by atoms with Crippen molar-refractivity contribution < 1.29 is 9.53 Å². The van der Waals surface area contributed by atoms with E-state index in [9.17, 15) is 4.79 Å². The zero-order valence-corrected chi connectivity index (χ0v) is 15.7. The molecule has 1 fully saturated rings. The average molecular weight is 366 g/mol. The molecule has 1 atom stereocenters. The van der Waals surface area contributed by atoms with Crippen molar-refractivity contribution in [2.75, 3.05) is 43.1 Å². The Morgan fingerprint density at radius 3 is 2.70 bits per heavy atom. The van der Waals surface area contributed by atoms with Crippen LogP contribution in [0, 0.1) is 0 Å². The van der Waals surface area contributed by atoms with Gasteiger partial charge in [-0.25, -0.2) is 4.98 Å². The van der Waals surface area contributed by atoms with Crippen LogP contribution in [-0.4, -0.2) is 54.7 Å². The zero-order chi connectivity index (χ0) is 18.6. The number of carbonyl (C=O) groups excluding carboxylic acids is 1. The van der Waals surface area contributed by atoms with Crippen molar-refractivity contribution in [3.8, 4) is 0 Å². The van der Waals surface area contributed by atoms with E-state index < -0.39 is 0 Å². The molecule has 1 saturated heterocycles. The normalized spacial score (nSPS) is 18.6. The van der Waals surface area contributed by atoms with Crippen molar-refractivity contribution in [2.45, 2.75) is 25.9 Å². The van der Waals surface area contributed by atoms with Gasteiger partial charge < -0.3 is 15.0 Å². The first-order chi connectivity index (χ1) is 13.2. The molecule has 3 heterocycles. The summed E-state index contributed by atoms with van der Waals surface area (Å²) in [7, 11) is 0. The van der Waals surface area contributed by atoms with Gasteiger partial charge in [0.15, 0.2) is 5.82 Å². The quantitative estimate of drug-likeness (QED) is 0.900. The number of aromatic nitrogens is 1. The summed E-state index contributed by atoms with van der Waals surface area (Å²) < 4.78 is 5.42. The van der Waals surface area contributed by atoms with Gasteiger partial charge in [0.2, 0.25) is 5.91 Å². The molecule has 1 aromatic heterocycles. The van der Waals surface area contributed by atoms with Crippen molar-refractivity contribution in [1.29, 1.82) is 0 Å². The molecule has 0 spiro atoms. The Labute approximate surface area is 160 Å². The molecule has 1 N–H and O–H groups in total. The summed E-state index contributed by atoms with van der Waals surface area (Å²) in [6.45, 7) is 6.65. The Balaban J connectivity index is 1.45. The molecular weight excluding hydrogens is 340 g/mol. The van der Waals surface area contributed by atoms with Gasteiger partial charge in [-0.05, 0) is 36.6 Å². The number of anilines is 2. The van der Waals surface area contributed by atoms with Crippen LogP contribution in [0.1, 0.15) is 18.1 Å². The van der Waals surface area contributed by atoms with Gasteiger partial charge in [-0.2, -0.15) is 0 Å². The number of amides is 1. The minimum atomic E-state index is -0.198. The summed E-state index contributed by atoms with van der Waals surface area (Å²) in [6.07, 6.45) is 2.76. The predicted octanol–water partition coefficient (Wildman–Crippen LogP) is 2.30. The summed E-state index contributed by atoms with van der Waals surface area (Å²) in [4.78, 5) is 21.8. The molecule has 0 radical (unpaired) electrons. The number of ether oxygens (including phenoxy) is 1. The second-order valence-corrected chi connectivity index (χ2v) is 7.13. The number of pyridine rings is 1. The van der Waals surface area contributed by atoms with E-state index in [0.29, 0.717) is 13.2 Å². The first-order valence-electron chi connectivity index (χ1n) is 9.62. The highest BCUT2D eigenvalue weighted by molar-refractivity contribution is 5.97. The van der Waals surface area contributed by atoms with Gasteiger partial charge in [-0.1, -0.05) is 24.3 Å². The SMILES string of the molecule is CC(C(=O)Nc1cccnc1N1CCOCC1)N1CCc2ccccc2C1. The molecule has 0 saturated carbocycles. The highest BCUT2D eigenvalue weighted by Crippen LogP contribution is 2.25. The lowest BCUT2D eigenvalue weighted by atomic mass is 9.99. The Bertz CT molecular complexity index is 804. The van der Waals surface area contributed by atoms with E-state index in [2.05, 4.69) is 44.4 Å². The van der Waals surface area contributed by atoms with Gasteiger partial charge in [-0.15, -0.1) is 0 Å². The van der Waals surface area contributed by atoms with Gasteiger partial charge in [-0.3, -0.25) is 9.69 Å². The Hall–Kier alpha value is -2.44. The molecule has 1 unspecified atom stereocenters. The summed E-state index contributed by atoms with van der Waals surface area (Å²) in [5.74, 6) is 0.835. The number of nitrogens with zero attached hydrogens (tertiary/aromatic N) is 3. The van der Waals surface area contributed by atoms with Crippen LogP contribution in [0.15, 0.2) is 42.6 Å². The third-order valence-electron chi connectivity index (χ3n) is 5.44. The van der Waals surface area contributed by atoms with Crippen LogP contribution in [0.3, 0.4) is 0 Å². The van der Waals surface area contributed by atoms with Crippen molar-refractivity contribution in [1.82, 2.24) is 9.88 Å². The molecule has 2 aliphatic rings. The number of benzene rings is 1. The van der Waals surface area contributed by atoms with Crippen LogP contribution >= 0.6 is 0 Å². The van der Waals surface area contributed by atoms with Crippen molar-refractivity contribution >= 4 is 17.4 Å². The molecule has 4 rings (SSSR count). The second kappa shape index (κ2) is 8.06. The van der Waals surface area contributed by atoms with E-state index in [1.165, 1.54) is 11.1 Å². The molecule has 2 aromatic rings. The fourth-order valence-corrected chi connectivity index (χ4v) is 3.77. The average Bonchev–Trinajstić information content (AvgIpc) is 2.74. The lowest BCUT2D eigenvalue weighted by Crippen LogP contribution is -2.44. The third-order valence-corrected chi connectivity index (χ3v) is 5.44. The van der Waals surface area contributed by atoms with Gasteiger partial charge >= 0.3 is 0 Å². The third kappa shape index (κ3) is 3.96. The fraction of sp³-hybridized carbons (Fsp3) is 0.429. The molecule has 2 aliphatic heterocycles. The number of fused-ring (bicyclic) bond motifs is 1. The standard InChI is InChI=1S/C21H26N4O2/c1-16(25-10-8-17-5-2-3-6-18(17)15-25)21(26)23-19-7-4-9-22-20(19)24-11-13-27-14-12-24/h2-7,9,16H,8,10-15H2,1H3,(H,23,26). The van der Waals surface area contributed by atoms with Crippen LogP contribution in [0.5, 0.6) is 0 Å². The maximum atomic E-state index is 12.9. The maximum absolute atomic E-state index is 12.9. The number of carbonyl (C=O) groups is 1. The molecule has 0 aliphatic carbocycles. The van der Waals surface area contributed by atoms with Crippen LogP contribution in [0.25, 0.3) is 0 Å². The lowest BCUT2D eigenvalue weighted by Gasteiger charge is -2.33. The molecule has 1 aromatic carbocycles. The molecule has 142 valence electrons. The fourth-order valence-electron chi connectivity index (χ4n) is 3.77. The van der Waals surface area contributed by atoms with Gasteiger partial charge in [0.05, 0.1) is 24.9 Å². The Morgan fingerprint density at radius 1 is 1.11 bits per heavy atom. The van der Waals surface area contributed by atoms with Crippen LogP contribution < -0.4 is 10.2 Å². The van der Waals surface area contributed by atoms with Crippen molar-refractivity contribution in [2.24, 2.45) is 0 Å². The maximum Gasteiger partial charge on any atom is 0.241 e. The molecular formula is C21H26N4O2. The first kappa shape index (κ1) is 17.9. The second-order valence-electron chi connectivity index (χ2n) is 7.13. The Morgan fingerprint density at radius 2 is 1.89 bits per heavy atom. The summed E-state index contributed by atoms with van der Waals surface area (Å²) in [5.41, 5.74) is 3.48. The van der Waals surface area contributed by atoms with Crippen LogP contribution in [0.2, 0.25) is 0 Å². The number of morpholine rings is 1. The number of hydrogen-bond donors (Lipinski definition) is 1. The number of hydrogen-bond acceptors (Lipinski definition) is 5. The summed E-state index contributed by atoms with van der Waals surface area (Å²) >= 11 is 0. The van der Waals surface area contributed by atoms with Gasteiger partial charge in [0.1, 0.15) is 0 Å². The van der Waals surface area contributed by atoms with E-state index in [1.807, 2.05) is 19.1 Å². The number of rotatable bonds is 4. The van der Waals surface area contributed by atoms with Crippen LogP contribution in [-0.2, 0) is 22.5 Å². The summed E-state index contributed by atoms with van der Waals surface area (Å²) in [6, 6.07) is 12.1. The smallest absolute Gasteiger partial charge is 0.241 e. The zero-order valence-electron chi connectivity index (χ0n) is 15.7. The highest BCUT2D eigenvalue weighted by Gasteiger charge is 2.26. The Kier molecular flexibility index (Phi) is 5.36. The number of nitrogens with one attached hydrogen (secondary N) is 1. The van der Waals surface area contributed by atoms with E-state index in [1.54, 1.807) is 6.20 Å². The molecule has 0 bridgehead atoms. The largest absolute Gasteiger partial charge is 0.378 e. The van der Waals surface area contributed by atoms with E-state index in [0.717, 1.165) is 44.1 Å². The topological polar surface area (TPSA) is 57.7 Å². The van der Waals surface area contributed by atoms with Gasteiger partial charge in [0, 0.05) is 32.4 Å². The molecule has 1 amide bonds. The molecule has 6 heteroatoms. The van der Waals surface area contributed by atoms with Gasteiger partial charge in [0.25, 0.3) is 0 Å². The van der Waals surface area contributed by atoms with Crippen LogP contribution in [0.4, 0.5) is 11.5 Å². The van der Waals surface area contributed by atoms with E-state index in [4.69, 9.17) is 4.74 Å². The highest BCUT2D eigenvalue weighted by atomic mass is 16.5. The minimum Gasteiger partial charge on any atom is -0.378 e.